The van der Waals surface area contributed by atoms with Crippen LogP contribution in [-0.4, -0.2) is 41.2 Å². The fourth-order valence-corrected chi connectivity index (χ4v) is 3.58. The molecule has 3 rings (SSSR count). The summed E-state index contributed by atoms with van der Waals surface area (Å²) < 4.78 is 0. The number of benzene rings is 2. The van der Waals surface area contributed by atoms with Crippen LogP contribution in [0.25, 0.3) is 0 Å². The first-order chi connectivity index (χ1) is 13.5. The third-order valence-corrected chi connectivity index (χ3v) is 5.05. The van der Waals surface area contributed by atoms with Gasteiger partial charge in [-0.2, -0.15) is 0 Å². The lowest BCUT2D eigenvalue weighted by atomic mass is 9.85. The summed E-state index contributed by atoms with van der Waals surface area (Å²) in [6.45, 7) is 2.11. The van der Waals surface area contributed by atoms with Gasteiger partial charge in [-0.15, -0.1) is 0 Å². The SMILES string of the molecule is CCC[C@@]1(c2ccccc2)NC(=O)N(CC(=O)N(C)Cc2ccccc2)C1=O. The monoisotopic (exact) mass is 379 g/mol. The molecule has 0 radical (unpaired) electrons. The van der Waals surface area contributed by atoms with Crippen molar-refractivity contribution in [3.63, 3.8) is 0 Å². The normalized spacial score (nSPS) is 18.9. The van der Waals surface area contributed by atoms with Crippen LogP contribution in [0.15, 0.2) is 60.7 Å². The molecule has 28 heavy (non-hydrogen) atoms. The Labute approximate surface area is 165 Å². The Kier molecular flexibility index (Phi) is 5.78. The van der Waals surface area contributed by atoms with Crippen LogP contribution >= 0.6 is 0 Å². The number of carbonyl (C=O) groups is 3. The predicted octanol–water partition coefficient (Wildman–Crippen LogP) is 2.89. The molecule has 0 unspecified atom stereocenters. The quantitative estimate of drug-likeness (QED) is 0.752. The van der Waals surface area contributed by atoms with Gasteiger partial charge in [0.2, 0.25) is 5.91 Å². The Bertz CT molecular complexity index is 854. The van der Waals surface area contributed by atoms with E-state index in [-0.39, 0.29) is 18.4 Å². The van der Waals surface area contributed by atoms with Gasteiger partial charge in [-0.3, -0.25) is 14.5 Å². The number of carbonyl (C=O) groups excluding carboxylic acids is 3. The number of nitrogens with zero attached hydrogens (tertiary/aromatic N) is 2. The van der Waals surface area contributed by atoms with Crippen molar-refractivity contribution in [1.29, 1.82) is 0 Å². The smallest absolute Gasteiger partial charge is 0.325 e. The zero-order valence-corrected chi connectivity index (χ0v) is 16.2. The second-order valence-corrected chi connectivity index (χ2v) is 7.08. The van der Waals surface area contributed by atoms with E-state index >= 15 is 0 Å². The highest BCUT2D eigenvalue weighted by molar-refractivity contribution is 6.09. The van der Waals surface area contributed by atoms with Crippen LogP contribution in [0.3, 0.4) is 0 Å². The minimum Gasteiger partial charge on any atom is -0.340 e. The molecule has 1 heterocycles. The van der Waals surface area contributed by atoms with Crippen LogP contribution in [0.1, 0.15) is 30.9 Å². The molecule has 0 aliphatic carbocycles. The summed E-state index contributed by atoms with van der Waals surface area (Å²) in [5, 5.41) is 2.85. The fourth-order valence-electron chi connectivity index (χ4n) is 3.58. The van der Waals surface area contributed by atoms with E-state index in [2.05, 4.69) is 5.32 Å². The maximum absolute atomic E-state index is 13.2. The van der Waals surface area contributed by atoms with Crippen LogP contribution in [-0.2, 0) is 21.7 Å². The molecule has 6 nitrogen and oxygen atoms in total. The Hall–Kier alpha value is -3.15. The lowest BCUT2D eigenvalue weighted by molar-refractivity contribution is -0.139. The summed E-state index contributed by atoms with van der Waals surface area (Å²) in [5.41, 5.74) is 0.619. The standard InChI is InChI=1S/C22H25N3O3/c1-3-14-22(18-12-8-5-9-13-18)20(27)25(21(28)23-22)16-19(26)24(2)15-17-10-6-4-7-11-17/h4-13H,3,14-16H2,1-2H3,(H,23,28)/t22-/m0/s1. The van der Waals surface area contributed by atoms with Gasteiger partial charge in [0.05, 0.1) is 0 Å². The van der Waals surface area contributed by atoms with E-state index in [9.17, 15) is 14.4 Å². The number of hydrogen-bond donors (Lipinski definition) is 1. The first-order valence-electron chi connectivity index (χ1n) is 9.45. The first-order valence-corrected chi connectivity index (χ1v) is 9.45. The number of imide groups is 1. The van der Waals surface area contributed by atoms with Crippen molar-refractivity contribution in [3.05, 3.63) is 71.8 Å². The van der Waals surface area contributed by atoms with E-state index in [0.29, 0.717) is 13.0 Å². The molecule has 4 amide bonds. The Balaban J connectivity index is 1.76. The molecule has 0 aromatic heterocycles. The average molecular weight is 379 g/mol. The van der Waals surface area contributed by atoms with Crippen molar-refractivity contribution in [2.75, 3.05) is 13.6 Å². The highest BCUT2D eigenvalue weighted by atomic mass is 16.2. The molecule has 2 aromatic carbocycles. The maximum Gasteiger partial charge on any atom is 0.325 e. The largest absolute Gasteiger partial charge is 0.340 e. The Morgan fingerprint density at radius 2 is 1.64 bits per heavy atom. The molecule has 0 bridgehead atoms. The lowest BCUT2D eigenvalue weighted by Gasteiger charge is -2.27. The van der Waals surface area contributed by atoms with E-state index < -0.39 is 11.6 Å². The molecule has 1 atom stereocenters. The highest BCUT2D eigenvalue weighted by Gasteiger charge is 2.52. The van der Waals surface area contributed by atoms with Gasteiger partial charge in [-0.1, -0.05) is 74.0 Å². The van der Waals surface area contributed by atoms with E-state index in [4.69, 9.17) is 0 Å². The second kappa shape index (κ2) is 8.25. The zero-order chi connectivity index (χ0) is 20.1. The van der Waals surface area contributed by atoms with Gasteiger partial charge < -0.3 is 10.2 Å². The topological polar surface area (TPSA) is 69.7 Å². The molecule has 1 fully saturated rings. The van der Waals surface area contributed by atoms with Gasteiger partial charge in [0.25, 0.3) is 5.91 Å². The molecule has 1 N–H and O–H groups in total. The summed E-state index contributed by atoms with van der Waals surface area (Å²) in [6.07, 6.45) is 1.20. The van der Waals surface area contributed by atoms with Crippen LogP contribution in [0, 0.1) is 0 Å². The molecule has 1 aliphatic rings. The van der Waals surface area contributed by atoms with Crippen LogP contribution in [0.4, 0.5) is 4.79 Å². The van der Waals surface area contributed by atoms with E-state index in [0.717, 1.165) is 22.4 Å². The van der Waals surface area contributed by atoms with Gasteiger partial charge >= 0.3 is 6.03 Å². The molecule has 1 aliphatic heterocycles. The Morgan fingerprint density at radius 3 is 2.25 bits per heavy atom. The molecule has 0 spiro atoms. The van der Waals surface area contributed by atoms with Crippen LogP contribution in [0.5, 0.6) is 0 Å². The molecular formula is C22H25N3O3. The van der Waals surface area contributed by atoms with E-state index in [1.165, 1.54) is 4.90 Å². The Morgan fingerprint density at radius 1 is 1.04 bits per heavy atom. The minimum absolute atomic E-state index is 0.272. The van der Waals surface area contributed by atoms with Crippen LogP contribution < -0.4 is 5.32 Å². The first kappa shape index (κ1) is 19.6. The molecule has 146 valence electrons. The predicted molar refractivity (Wildman–Crippen MR) is 106 cm³/mol. The number of hydrogen-bond acceptors (Lipinski definition) is 3. The number of urea groups is 1. The van der Waals surface area contributed by atoms with Crippen molar-refractivity contribution in [2.45, 2.75) is 31.8 Å². The second-order valence-electron chi connectivity index (χ2n) is 7.08. The van der Waals surface area contributed by atoms with E-state index in [1.807, 2.05) is 67.6 Å². The summed E-state index contributed by atoms with van der Waals surface area (Å²) >= 11 is 0. The minimum atomic E-state index is -1.11. The molecule has 6 heteroatoms. The van der Waals surface area contributed by atoms with Crippen molar-refractivity contribution < 1.29 is 14.4 Å². The molecular weight excluding hydrogens is 354 g/mol. The molecule has 1 saturated heterocycles. The number of amides is 4. The summed E-state index contributed by atoms with van der Waals surface area (Å²) in [5.74, 6) is -0.653. The highest BCUT2D eigenvalue weighted by Crippen LogP contribution is 2.33. The third-order valence-electron chi connectivity index (χ3n) is 5.05. The van der Waals surface area contributed by atoms with Crippen LogP contribution in [0.2, 0.25) is 0 Å². The van der Waals surface area contributed by atoms with Crippen molar-refractivity contribution in [3.8, 4) is 0 Å². The summed E-state index contributed by atoms with van der Waals surface area (Å²) in [4.78, 5) is 41.0. The third kappa shape index (κ3) is 3.76. The van der Waals surface area contributed by atoms with Gasteiger partial charge in [0.15, 0.2) is 0 Å². The number of likely N-dealkylation sites (N-methyl/N-ethyl adjacent to an activating group) is 1. The number of nitrogens with one attached hydrogen (secondary N) is 1. The average Bonchev–Trinajstić information content (AvgIpc) is 2.94. The number of rotatable bonds is 7. The van der Waals surface area contributed by atoms with Crippen molar-refractivity contribution >= 4 is 17.8 Å². The fraction of sp³-hybridized carbons (Fsp3) is 0.318. The summed E-state index contributed by atoms with van der Waals surface area (Å²) in [7, 11) is 1.67. The lowest BCUT2D eigenvalue weighted by Crippen LogP contribution is -2.45. The molecule has 2 aromatic rings. The van der Waals surface area contributed by atoms with Crippen molar-refractivity contribution in [1.82, 2.24) is 15.1 Å². The molecule has 0 saturated carbocycles. The summed E-state index contributed by atoms with van der Waals surface area (Å²) in [6, 6.07) is 18.3. The van der Waals surface area contributed by atoms with Gasteiger partial charge in [0, 0.05) is 13.6 Å². The van der Waals surface area contributed by atoms with E-state index in [1.54, 1.807) is 7.05 Å². The van der Waals surface area contributed by atoms with Crippen molar-refractivity contribution in [2.24, 2.45) is 0 Å². The van der Waals surface area contributed by atoms with Gasteiger partial charge in [0.1, 0.15) is 12.1 Å². The zero-order valence-electron chi connectivity index (χ0n) is 16.2. The van der Waals surface area contributed by atoms with Gasteiger partial charge in [-0.25, -0.2) is 4.79 Å². The van der Waals surface area contributed by atoms with Gasteiger partial charge in [-0.05, 0) is 17.5 Å². The maximum atomic E-state index is 13.2.